The lowest BCUT2D eigenvalue weighted by atomic mass is 10.2. The molecular formula is C14H19ClN4O2. The zero-order chi connectivity index (χ0) is 15.2. The highest BCUT2D eigenvalue weighted by molar-refractivity contribution is 6.31. The fourth-order valence-electron chi connectivity index (χ4n) is 1.77. The normalized spacial score (nSPS) is 12.4. The number of nitrogens with one attached hydrogen (secondary N) is 1. The van der Waals surface area contributed by atoms with E-state index in [1.165, 1.54) is 0 Å². The number of aryl methyl sites for hydroxylation is 2. The standard InChI is InChI=1S/C14H19ClN4O2/c1-10-5-12(3-4-13(10)15)21-8-11(20)6-16-7-14-17-9-19(2)18-14/h3-5,9,11,16,20H,6-8H2,1-2H3. The number of rotatable bonds is 7. The first kappa shape index (κ1) is 15.8. The summed E-state index contributed by atoms with van der Waals surface area (Å²) < 4.78 is 7.16. The van der Waals surface area contributed by atoms with Crippen molar-refractivity contribution >= 4 is 11.6 Å². The number of aromatic nitrogens is 3. The predicted octanol–water partition coefficient (Wildman–Crippen LogP) is 1.31. The summed E-state index contributed by atoms with van der Waals surface area (Å²) >= 11 is 5.94. The van der Waals surface area contributed by atoms with Crippen LogP contribution >= 0.6 is 11.6 Å². The van der Waals surface area contributed by atoms with Gasteiger partial charge in [-0.25, -0.2) is 4.98 Å². The van der Waals surface area contributed by atoms with E-state index in [4.69, 9.17) is 16.3 Å². The van der Waals surface area contributed by atoms with Crippen LogP contribution in [-0.2, 0) is 13.6 Å². The van der Waals surface area contributed by atoms with Crippen LogP contribution in [0.4, 0.5) is 0 Å². The van der Waals surface area contributed by atoms with E-state index in [1.807, 2.05) is 20.0 Å². The minimum absolute atomic E-state index is 0.212. The van der Waals surface area contributed by atoms with Crippen LogP contribution in [0.1, 0.15) is 11.4 Å². The molecule has 2 N–H and O–H groups in total. The molecule has 114 valence electrons. The summed E-state index contributed by atoms with van der Waals surface area (Å²) in [5.41, 5.74) is 0.947. The van der Waals surface area contributed by atoms with Crippen molar-refractivity contribution < 1.29 is 9.84 Å². The number of aliphatic hydroxyl groups is 1. The van der Waals surface area contributed by atoms with Crippen molar-refractivity contribution in [3.63, 3.8) is 0 Å². The second kappa shape index (κ2) is 7.40. The van der Waals surface area contributed by atoms with Crippen LogP contribution in [0.3, 0.4) is 0 Å². The number of hydrogen-bond acceptors (Lipinski definition) is 5. The molecule has 0 spiro atoms. The molecule has 1 aromatic carbocycles. The molecular weight excluding hydrogens is 292 g/mol. The molecule has 1 aromatic heterocycles. The molecule has 21 heavy (non-hydrogen) atoms. The molecule has 0 saturated carbocycles. The molecule has 0 aliphatic rings. The topological polar surface area (TPSA) is 72.2 Å². The number of ether oxygens (including phenoxy) is 1. The van der Waals surface area contributed by atoms with Crippen molar-refractivity contribution in [2.45, 2.75) is 19.6 Å². The fraction of sp³-hybridized carbons (Fsp3) is 0.429. The Bertz CT molecular complexity index is 588. The molecule has 0 saturated heterocycles. The highest BCUT2D eigenvalue weighted by Crippen LogP contribution is 2.20. The zero-order valence-electron chi connectivity index (χ0n) is 12.1. The monoisotopic (exact) mass is 310 g/mol. The van der Waals surface area contributed by atoms with Gasteiger partial charge in [-0.05, 0) is 30.7 Å². The van der Waals surface area contributed by atoms with Crippen LogP contribution in [0.15, 0.2) is 24.5 Å². The minimum Gasteiger partial charge on any atom is -0.491 e. The number of hydrogen-bond donors (Lipinski definition) is 2. The average Bonchev–Trinajstić information content (AvgIpc) is 2.86. The van der Waals surface area contributed by atoms with Gasteiger partial charge in [-0.15, -0.1) is 0 Å². The third-order valence-corrected chi connectivity index (χ3v) is 3.31. The summed E-state index contributed by atoms with van der Waals surface area (Å²) in [5.74, 6) is 1.39. The maximum Gasteiger partial charge on any atom is 0.164 e. The van der Waals surface area contributed by atoms with Gasteiger partial charge in [0.2, 0.25) is 0 Å². The predicted molar refractivity (Wildman–Crippen MR) is 80.4 cm³/mol. The van der Waals surface area contributed by atoms with Crippen molar-refractivity contribution in [1.29, 1.82) is 0 Å². The molecule has 0 aliphatic heterocycles. The molecule has 1 heterocycles. The zero-order valence-corrected chi connectivity index (χ0v) is 12.8. The lowest BCUT2D eigenvalue weighted by Crippen LogP contribution is -2.31. The lowest BCUT2D eigenvalue weighted by molar-refractivity contribution is 0.106. The Kier molecular flexibility index (Phi) is 5.55. The molecule has 2 aromatic rings. The third kappa shape index (κ3) is 5.00. The molecule has 0 fully saturated rings. The highest BCUT2D eigenvalue weighted by Gasteiger charge is 2.07. The molecule has 0 amide bonds. The van der Waals surface area contributed by atoms with Gasteiger partial charge in [-0.2, -0.15) is 5.10 Å². The summed E-state index contributed by atoms with van der Waals surface area (Å²) in [6, 6.07) is 5.41. The Labute approximate surface area is 128 Å². The van der Waals surface area contributed by atoms with Crippen molar-refractivity contribution in [3.8, 4) is 5.75 Å². The molecule has 7 heteroatoms. The first-order valence-corrected chi connectivity index (χ1v) is 7.04. The van der Waals surface area contributed by atoms with E-state index in [0.717, 1.165) is 5.56 Å². The number of nitrogens with zero attached hydrogens (tertiary/aromatic N) is 3. The molecule has 0 bridgehead atoms. The van der Waals surface area contributed by atoms with E-state index in [0.29, 0.717) is 29.7 Å². The van der Waals surface area contributed by atoms with Gasteiger partial charge in [-0.3, -0.25) is 4.68 Å². The number of aliphatic hydroxyl groups excluding tert-OH is 1. The Hall–Kier alpha value is -1.63. The molecule has 0 aliphatic carbocycles. The van der Waals surface area contributed by atoms with E-state index in [-0.39, 0.29) is 6.61 Å². The van der Waals surface area contributed by atoms with Gasteiger partial charge in [0.15, 0.2) is 5.82 Å². The summed E-state index contributed by atoms with van der Waals surface area (Å²) in [7, 11) is 1.81. The van der Waals surface area contributed by atoms with Gasteiger partial charge in [0.05, 0.1) is 6.54 Å². The van der Waals surface area contributed by atoms with Gasteiger partial charge < -0.3 is 15.2 Å². The Morgan fingerprint density at radius 3 is 2.95 bits per heavy atom. The smallest absolute Gasteiger partial charge is 0.164 e. The Balaban J connectivity index is 1.69. The minimum atomic E-state index is -0.607. The number of benzene rings is 1. The van der Waals surface area contributed by atoms with Crippen molar-refractivity contribution in [2.24, 2.45) is 7.05 Å². The SMILES string of the molecule is Cc1cc(OCC(O)CNCc2ncn(C)n2)ccc1Cl. The fourth-order valence-corrected chi connectivity index (χ4v) is 1.89. The summed E-state index contributed by atoms with van der Waals surface area (Å²) in [5, 5.41) is 17.8. The lowest BCUT2D eigenvalue weighted by Gasteiger charge is -2.13. The van der Waals surface area contributed by atoms with Crippen LogP contribution in [0.5, 0.6) is 5.75 Å². The van der Waals surface area contributed by atoms with Gasteiger partial charge in [0, 0.05) is 18.6 Å². The van der Waals surface area contributed by atoms with Crippen LogP contribution in [0.25, 0.3) is 0 Å². The van der Waals surface area contributed by atoms with Crippen molar-refractivity contribution in [2.75, 3.05) is 13.2 Å². The maximum absolute atomic E-state index is 9.86. The van der Waals surface area contributed by atoms with Crippen LogP contribution in [0.2, 0.25) is 5.02 Å². The highest BCUT2D eigenvalue weighted by atomic mass is 35.5. The molecule has 1 atom stereocenters. The van der Waals surface area contributed by atoms with Gasteiger partial charge in [0.25, 0.3) is 0 Å². The summed E-state index contributed by atoms with van der Waals surface area (Å²) in [6.07, 6.45) is 1.03. The van der Waals surface area contributed by atoms with Crippen LogP contribution in [0, 0.1) is 6.92 Å². The van der Waals surface area contributed by atoms with Gasteiger partial charge in [0.1, 0.15) is 24.8 Å². The van der Waals surface area contributed by atoms with Crippen molar-refractivity contribution in [1.82, 2.24) is 20.1 Å². The Morgan fingerprint density at radius 1 is 1.48 bits per heavy atom. The summed E-state index contributed by atoms with van der Waals surface area (Å²) in [4.78, 5) is 4.09. The first-order chi connectivity index (χ1) is 10.0. The Morgan fingerprint density at radius 2 is 2.29 bits per heavy atom. The van der Waals surface area contributed by atoms with Gasteiger partial charge in [-0.1, -0.05) is 11.6 Å². The maximum atomic E-state index is 9.86. The molecule has 6 nitrogen and oxygen atoms in total. The van der Waals surface area contributed by atoms with Crippen LogP contribution < -0.4 is 10.1 Å². The van der Waals surface area contributed by atoms with Crippen LogP contribution in [-0.4, -0.2) is 39.1 Å². The quantitative estimate of drug-likeness (QED) is 0.806. The molecule has 0 radical (unpaired) electrons. The molecule has 2 rings (SSSR count). The van der Waals surface area contributed by atoms with E-state index in [2.05, 4.69) is 15.4 Å². The van der Waals surface area contributed by atoms with E-state index in [1.54, 1.807) is 23.1 Å². The average molecular weight is 311 g/mol. The third-order valence-electron chi connectivity index (χ3n) is 2.88. The van der Waals surface area contributed by atoms with Crippen molar-refractivity contribution in [3.05, 3.63) is 40.9 Å². The second-order valence-corrected chi connectivity index (χ2v) is 5.25. The molecule has 1 unspecified atom stereocenters. The first-order valence-electron chi connectivity index (χ1n) is 6.67. The van der Waals surface area contributed by atoms with E-state index in [9.17, 15) is 5.11 Å². The second-order valence-electron chi connectivity index (χ2n) is 4.84. The summed E-state index contributed by atoms with van der Waals surface area (Å²) in [6.45, 7) is 3.04. The largest absolute Gasteiger partial charge is 0.491 e. The number of halogens is 1. The van der Waals surface area contributed by atoms with E-state index >= 15 is 0 Å². The van der Waals surface area contributed by atoms with Gasteiger partial charge >= 0.3 is 0 Å². The van der Waals surface area contributed by atoms with E-state index < -0.39 is 6.10 Å².